The molecule has 1 aliphatic heterocycles. The monoisotopic (exact) mass is 282 g/mol. The van der Waals surface area contributed by atoms with E-state index in [1.54, 1.807) is 0 Å². The minimum absolute atomic E-state index is 0.687. The fraction of sp³-hybridized carbons (Fsp3) is 0.474. The highest BCUT2D eigenvalue weighted by Gasteiger charge is 2.18. The molecule has 1 fully saturated rings. The summed E-state index contributed by atoms with van der Waals surface area (Å²) in [5.74, 6) is 0. The number of hydrogen-bond donors (Lipinski definition) is 1. The molecule has 0 spiro atoms. The SMILES string of the molecule is CCCN(Cc1cccc2ccccc12)CC1CCCN1. The van der Waals surface area contributed by atoms with Crippen LogP contribution >= 0.6 is 0 Å². The molecule has 112 valence electrons. The lowest BCUT2D eigenvalue weighted by atomic mass is 10.0. The average Bonchev–Trinajstić information content (AvgIpc) is 3.01. The summed E-state index contributed by atoms with van der Waals surface area (Å²) in [6, 6.07) is 16.1. The van der Waals surface area contributed by atoms with Crippen molar-refractivity contribution in [1.82, 2.24) is 10.2 Å². The predicted molar refractivity (Wildman–Crippen MR) is 90.5 cm³/mol. The molecule has 0 saturated carbocycles. The van der Waals surface area contributed by atoms with E-state index in [2.05, 4.69) is 59.6 Å². The van der Waals surface area contributed by atoms with Gasteiger partial charge in [0, 0.05) is 19.1 Å². The van der Waals surface area contributed by atoms with Crippen molar-refractivity contribution in [3.8, 4) is 0 Å². The van der Waals surface area contributed by atoms with Gasteiger partial charge in [0.2, 0.25) is 0 Å². The molecular weight excluding hydrogens is 256 g/mol. The molecule has 2 aromatic rings. The molecule has 0 radical (unpaired) electrons. The summed E-state index contributed by atoms with van der Waals surface area (Å²) in [7, 11) is 0. The van der Waals surface area contributed by atoms with Gasteiger partial charge in [-0.05, 0) is 48.7 Å². The van der Waals surface area contributed by atoms with Gasteiger partial charge >= 0.3 is 0 Å². The molecule has 1 aliphatic rings. The zero-order chi connectivity index (χ0) is 14.5. The van der Waals surface area contributed by atoms with Gasteiger partial charge in [-0.25, -0.2) is 0 Å². The molecule has 1 N–H and O–H groups in total. The zero-order valence-corrected chi connectivity index (χ0v) is 13.0. The zero-order valence-electron chi connectivity index (χ0n) is 13.0. The van der Waals surface area contributed by atoms with Crippen LogP contribution in [0.3, 0.4) is 0 Å². The van der Waals surface area contributed by atoms with E-state index in [9.17, 15) is 0 Å². The van der Waals surface area contributed by atoms with E-state index in [1.165, 1.54) is 55.2 Å². The van der Waals surface area contributed by atoms with Crippen molar-refractivity contribution in [3.63, 3.8) is 0 Å². The average molecular weight is 282 g/mol. The fourth-order valence-corrected chi connectivity index (χ4v) is 3.45. The lowest BCUT2D eigenvalue weighted by Gasteiger charge is -2.26. The Morgan fingerprint density at radius 3 is 2.81 bits per heavy atom. The van der Waals surface area contributed by atoms with E-state index >= 15 is 0 Å². The smallest absolute Gasteiger partial charge is 0.0240 e. The predicted octanol–water partition coefficient (Wildman–Crippen LogP) is 3.80. The van der Waals surface area contributed by atoms with Crippen molar-refractivity contribution in [2.24, 2.45) is 0 Å². The van der Waals surface area contributed by atoms with Crippen LogP contribution in [0.25, 0.3) is 10.8 Å². The van der Waals surface area contributed by atoms with Crippen LogP contribution in [0.15, 0.2) is 42.5 Å². The standard InChI is InChI=1S/C19H26N2/c1-2-13-21(15-18-10-6-12-20-18)14-17-9-5-8-16-7-3-4-11-19(16)17/h3-5,7-9,11,18,20H,2,6,10,12-15H2,1H3. The topological polar surface area (TPSA) is 15.3 Å². The van der Waals surface area contributed by atoms with E-state index in [4.69, 9.17) is 0 Å². The number of rotatable bonds is 6. The van der Waals surface area contributed by atoms with Gasteiger partial charge in [-0.15, -0.1) is 0 Å². The Labute approximate surface area is 128 Å². The van der Waals surface area contributed by atoms with E-state index < -0.39 is 0 Å². The molecule has 1 saturated heterocycles. The fourth-order valence-electron chi connectivity index (χ4n) is 3.45. The largest absolute Gasteiger partial charge is 0.313 e. The highest BCUT2D eigenvalue weighted by molar-refractivity contribution is 5.85. The molecule has 2 aromatic carbocycles. The van der Waals surface area contributed by atoms with Crippen LogP contribution in [0.1, 0.15) is 31.7 Å². The molecule has 3 rings (SSSR count). The first kappa shape index (κ1) is 14.6. The van der Waals surface area contributed by atoms with Crippen LogP contribution in [0.2, 0.25) is 0 Å². The third-order valence-corrected chi connectivity index (χ3v) is 4.45. The maximum atomic E-state index is 3.63. The summed E-state index contributed by atoms with van der Waals surface area (Å²) >= 11 is 0. The molecule has 2 heteroatoms. The van der Waals surface area contributed by atoms with Crippen molar-refractivity contribution in [3.05, 3.63) is 48.0 Å². The van der Waals surface area contributed by atoms with Crippen molar-refractivity contribution in [2.45, 2.75) is 38.8 Å². The van der Waals surface area contributed by atoms with Crippen LogP contribution in [-0.2, 0) is 6.54 Å². The Bertz CT molecular complexity index is 567. The first-order chi connectivity index (χ1) is 10.4. The molecular formula is C19H26N2. The van der Waals surface area contributed by atoms with Crippen LogP contribution < -0.4 is 5.32 Å². The van der Waals surface area contributed by atoms with Gasteiger partial charge in [0.05, 0.1) is 0 Å². The van der Waals surface area contributed by atoms with Crippen molar-refractivity contribution < 1.29 is 0 Å². The number of fused-ring (bicyclic) bond motifs is 1. The maximum Gasteiger partial charge on any atom is 0.0240 e. The van der Waals surface area contributed by atoms with Gasteiger partial charge in [-0.3, -0.25) is 4.90 Å². The Kier molecular flexibility index (Phi) is 4.89. The molecule has 1 unspecified atom stereocenters. The van der Waals surface area contributed by atoms with Gasteiger partial charge in [0.25, 0.3) is 0 Å². The summed E-state index contributed by atoms with van der Waals surface area (Å²) in [5.41, 5.74) is 1.46. The van der Waals surface area contributed by atoms with Crippen LogP contribution in [0.5, 0.6) is 0 Å². The summed E-state index contributed by atoms with van der Waals surface area (Å²) < 4.78 is 0. The number of benzene rings is 2. The number of nitrogens with one attached hydrogen (secondary N) is 1. The Morgan fingerprint density at radius 2 is 2.00 bits per heavy atom. The van der Waals surface area contributed by atoms with Crippen LogP contribution in [-0.4, -0.2) is 30.6 Å². The summed E-state index contributed by atoms with van der Waals surface area (Å²) in [6.07, 6.45) is 3.88. The van der Waals surface area contributed by atoms with Crippen molar-refractivity contribution in [1.29, 1.82) is 0 Å². The second-order valence-electron chi connectivity index (χ2n) is 6.17. The summed E-state index contributed by atoms with van der Waals surface area (Å²) in [6.45, 7) is 6.89. The quantitative estimate of drug-likeness (QED) is 0.867. The van der Waals surface area contributed by atoms with Gasteiger partial charge in [-0.1, -0.05) is 49.4 Å². The van der Waals surface area contributed by atoms with Crippen molar-refractivity contribution >= 4 is 10.8 Å². The maximum absolute atomic E-state index is 3.63. The van der Waals surface area contributed by atoms with Crippen molar-refractivity contribution in [2.75, 3.05) is 19.6 Å². The second kappa shape index (κ2) is 7.06. The van der Waals surface area contributed by atoms with Crippen LogP contribution in [0, 0.1) is 0 Å². The van der Waals surface area contributed by atoms with E-state index in [1.807, 2.05) is 0 Å². The highest BCUT2D eigenvalue weighted by Crippen LogP contribution is 2.20. The highest BCUT2D eigenvalue weighted by atomic mass is 15.1. The summed E-state index contributed by atoms with van der Waals surface area (Å²) in [4.78, 5) is 2.62. The first-order valence-electron chi connectivity index (χ1n) is 8.29. The normalized spacial score (nSPS) is 18.7. The molecule has 0 aliphatic carbocycles. The van der Waals surface area contributed by atoms with Gasteiger partial charge < -0.3 is 5.32 Å². The van der Waals surface area contributed by atoms with E-state index in [-0.39, 0.29) is 0 Å². The van der Waals surface area contributed by atoms with E-state index in [0.717, 1.165) is 6.54 Å². The Morgan fingerprint density at radius 1 is 1.14 bits per heavy atom. The molecule has 0 aromatic heterocycles. The number of hydrogen-bond acceptors (Lipinski definition) is 2. The minimum Gasteiger partial charge on any atom is -0.313 e. The van der Waals surface area contributed by atoms with Crippen LogP contribution in [0.4, 0.5) is 0 Å². The number of nitrogens with zero attached hydrogens (tertiary/aromatic N) is 1. The second-order valence-corrected chi connectivity index (χ2v) is 6.17. The lowest BCUT2D eigenvalue weighted by molar-refractivity contribution is 0.242. The van der Waals surface area contributed by atoms with E-state index in [0.29, 0.717) is 6.04 Å². The third kappa shape index (κ3) is 3.63. The third-order valence-electron chi connectivity index (χ3n) is 4.45. The molecule has 0 bridgehead atoms. The molecule has 1 heterocycles. The Balaban J connectivity index is 1.76. The Hall–Kier alpha value is -1.38. The van der Waals surface area contributed by atoms with Gasteiger partial charge in [-0.2, -0.15) is 0 Å². The lowest BCUT2D eigenvalue weighted by Crippen LogP contribution is -2.37. The molecule has 21 heavy (non-hydrogen) atoms. The molecule has 2 nitrogen and oxygen atoms in total. The first-order valence-corrected chi connectivity index (χ1v) is 8.29. The molecule has 0 amide bonds. The van der Waals surface area contributed by atoms with Gasteiger partial charge in [0.15, 0.2) is 0 Å². The van der Waals surface area contributed by atoms with Gasteiger partial charge in [0.1, 0.15) is 0 Å². The molecule has 1 atom stereocenters. The minimum atomic E-state index is 0.687. The summed E-state index contributed by atoms with van der Waals surface area (Å²) in [5, 5.41) is 6.38.